The first kappa shape index (κ1) is 12.0. The maximum absolute atomic E-state index is 12.3. The van der Waals surface area contributed by atoms with E-state index < -0.39 is 0 Å². The second-order valence-corrected chi connectivity index (χ2v) is 4.40. The van der Waals surface area contributed by atoms with Gasteiger partial charge in [-0.25, -0.2) is 0 Å². The minimum Gasteiger partial charge on any atom is -0.394 e. The van der Waals surface area contributed by atoms with Crippen molar-refractivity contribution in [2.75, 3.05) is 13.2 Å². The second kappa shape index (κ2) is 5.77. The standard InChI is InChI=1S/C13H18N2O2/c16-10-11-6-2-1-5-9-15(11)13(17)12-7-3-4-8-14-12/h3-4,7-8,11,16H,1-2,5-6,9-10H2. The molecule has 1 amide bonds. The maximum atomic E-state index is 12.3. The number of hydrogen-bond acceptors (Lipinski definition) is 3. The molecule has 92 valence electrons. The lowest BCUT2D eigenvalue weighted by molar-refractivity contribution is 0.0594. The number of nitrogens with zero attached hydrogens (tertiary/aromatic N) is 2. The second-order valence-electron chi connectivity index (χ2n) is 4.40. The smallest absolute Gasteiger partial charge is 0.272 e. The van der Waals surface area contributed by atoms with Crippen LogP contribution in [-0.2, 0) is 0 Å². The van der Waals surface area contributed by atoms with Gasteiger partial charge in [0.05, 0.1) is 12.6 Å². The molecule has 1 fully saturated rings. The van der Waals surface area contributed by atoms with Crippen LogP contribution in [0.3, 0.4) is 0 Å². The van der Waals surface area contributed by atoms with Gasteiger partial charge in [0.1, 0.15) is 5.69 Å². The summed E-state index contributed by atoms with van der Waals surface area (Å²) in [6.07, 6.45) is 5.73. The number of aliphatic hydroxyl groups is 1. The van der Waals surface area contributed by atoms with E-state index in [0.717, 1.165) is 32.2 Å². The molecule has 0 bridgehead atoms. The van der Waals surface area contributed by atoms with Crippen molar-refractivity contribution in [3.8, 4) is 0 Å². The average Bonchev–Trinajstić information content (AvgIpc) is 2.64. The van der Waals surface area contributed by atoms with E-state index in [0.29, 0.717) is 5.69 Å². The molecule has 0 aromatic carbocycles. The van der Waals surface area contributed by atoms with Crippen molar-refractivity contribution in [3.63, 3.8) is 0 Å². The molecule has 1 N–H and O–H groups in total. The summed E-state index contributed by atoms with van der Waals surface area (Å²) in [6, 6.07) is 5.28. The van der Waals surface area contributed by atoms with Gasteiger partial charge in [0, 0.05) is 12.7 Å². The minimum atomic E-state index is -0.0634. The van der Waals surface area contributed by atoms with E-state index >= 15 is 0 Å². The fraction of sp³-hybridized carbons (Fsp3) is 0.538. The number of pyridine rings is 1. The first-order valence-electron chi connectivity index (χ1n) is 6.16. The fourth-order valence-corrected chi connectivity index (χ4v) is 2.27. The first-order valence-corrected chi connectivity index (χ1v) is 6.16. The summed E-state index contributed by atoms with van der Waals surface area (Å²) in [5, 5.41) is 9.37. The van der Waals surface area contributed by atoms with Gasteiger partial charge in [0.25, 0.3) is 5.91 Å². The third-order valence-electron chi connectivity index (χ3n) is 3.23. The van der Waals surface area contributed by atoms with E-state index in [1.54, 1.807) is 23.2 Å². The van der Waals surface area contributed by atoms with Gasteiger partial charge >= 0.3 is 0 Å². The highest BCUT2D eigenvalue weighted by Crippen LogP contribution is 2.18. The molecular weight excluding hydrogens is 216 g/mol. The Hall–Kier alpha value is -1.42. The molecule has 1 saturated heterocycles. The summed E-state index contributed by atoms with van der Waals surface area (Å²) < 4.78 is 0. The van der Waals surface area contributed by atoms with Crippen molar-refractivity contribution in [1.82, 2.24) is 9.88 Å². The number of hydrogen-bond donors (Lipinski definition) is 1. The van der Waals surface area contributed by atoms with Crippen LogP contribution in [0.15, 0.2) is 24.4 Å². The molecular formula is C13H18N2O2. The molecule has 0 saturated carbocycles. The monoisotopic (exact) mass is 234 g/mol. The van der Waals surface area contributed by atoms with Crippen LogP contribution in [0, 0.1) is 0 Å². The molecule has 1 aliphatic rings. The van der Waals surface area contributed by atoms with E-state index in [1.807, 2.05) is 6.07 Å². The predicted octanol–water partition coefficient (Wildman–Crippen LogP) is 1.46. The zero-order chi connectivity index (χ0) is 12.1. The van der Waals surface area contributed by atoms with Gasteiger partial charge in [-0.1, -0.05) is 18.9 Å². The summed E-state index contributed by atoms with van der Waals surface area (Å²) in [5.41, 5.74) is 0.466. The van der Waals surface area contributed by atoms with E-state index in [1.165, 1.54) is 0 Å². The van der Waals surface area contributed by atoms with Gasteiger partial charge in [-0.15, -0.1) is 0 Å². The number of likely N-dealkylation sites (tertiary alicyclic amines) is 1. The number of aliphatic hydroxyl groups excluding tert-OH is 1. The molecule has 1 atom stereocenters. The highest BCUT2D eigenvalue weighted by molar-refractivity contribution is 5.92. The zero-order valence-electron chi connectivity index (χ0n) is 9.88. The van der Waals surface area contributed by atoms with E-state index in [-0.39, 0.29) is 18.6 Å². The quantitative estimate of drug-likeness (QED) is 0.842. The van der Waals surface area contributed by atoms with Crippen LogP contribution in [0.5, 0.6) is 0 Å². The minimum absolute atomic E-state index is 0.0403. The Kier molecular flexibility index (Phi) is 4.09. The molecule has 2 rings (SSSR count). The van der Waals surface area contributed by atoms with Crippen LogP contribution < -0.4 is 0 Å². The van der Waals surface area contributed by atoms with Crippen molar-refractivity contribution in [1.29, 1.82) is 0 Å². The van der Waals surface area contributed by atoms with Gasteiger partial charge < -0.3 is 10.0 Å². The van der Waals surface area contributed by atoms with Gasteiger partial charge in [-0.05, 0) is 25.0 Å². The highest BCUT2D eigenvalue weighted by Gasteiger charge is 2.26. The van der Waals surface area contributed by atoms with Crippen molar-refractivity contribution in [2.45, 2.75) is 31.7 Å². The van der Waals surface area contributed by atoms with Gasteiger partial charge in [-0.2, -0.15) is 0 Å². The number of amides is 1. The summed E-state index contributed by atoms with van der Waals surface area (Å²) in [7, 11) is 0. The summed E-state index contributed by atoms with van der Waals surface area (Å²) >= 11 is 0. The Balaban J connectivity index is 2.16. The molecule has 0 aliphatic carbocycles. The van der Waals surface area contributed by atoms with Crippen LogP contribution in [0.4, 0.5) is 0 Å². The normalized spacial score (nSPS) is 21.0. The van der Waals surface area contributed by atoms with Crippen LogP contribution in [0.1, 0.15) is 36.2 Å². The molecule has 1 unspecified atom stereocenters. The topological polar surface area (TPSA) is 53.4 Å². The molecule has 17 heavy (non-hydrogen) atoms. The van der Waals surface area contributed by atoms with E-state index in [4.69, 9.17) is 0 Å². The number of carbonyl (C=O) groups is 1. The van der Waals surface area contributed by atoms with Gasteiger partial charge in [-0.3, -0.25) is 9.78 Å². The largest absolute Gasteiger partial charge is 0.394 e. The molecule has 0 radical (unpaired) electrons. The average molecular weight is 234 g/mol. The molecule has 2 heterocycles. The third-order valence-corrected chi connectivity index (χ3v) is 3.23. The third kappa shape index (κ3) is 2.82. The number of carbonyl (C=O) groups excluding carboxylic acids is 1. The Morgan fingerprint density at radius 3 is 3.00 bits per heavy atom. The number of rotatable bonds is 2. The zero-order valence-corrected chi connectivity index (χ0v) is 9.88. The predicted molar refractivity (Wildman–Crippen MR) is 64.6 cm³/mol. The fourth-order valence-electron chi connectivity index (χ4n) is 2.27. The molecule has 1 aliphatic heterocycles. The Bertz CT molecular complexity index is 367. The van der Waals surface area contributed by atoms with Crippen molar-refractivity contribution < 1.29 is 9.90 Å². The van der Waals surface area contributed by atoms with E-state index in [2.05, 4.69) is 4.98 Å². The Labute approximate surface area is 101 Å². The lowest BCUT2D eigenvalue weighted by Gasteiger charge is -2.28. The van der Waals surface area contributed by atoms with Crippen molar-refractivity contribution in [3.05, 3.63) is 30.1 Å². The molecule has 4 heteroatoms. The van der Waals surface area contributed by atoms with Gasteiger partial charge in [0.2, 0.25) is 0 Å². The Morgan fingerprint density at radius 1 is 1.41 bits per heavy atom. The molecule has 0 spiro atoms. The lowest BCUT2D eigenvalue weighted by Crippen LogP contribution is -2.42. The van der Waals surface area contributed by atoms with Gasteiger partial charge in [0.15, 0.2) is 0 Å². The summed E-state index contributed by atoms with van der Waals surface area (Å²) in [4.78, 5) is 18.1. The lowest BCUT2D eigenvalue weighted by atomic mass is 10.1. The first-order chi connectivity index (χ1) is 8.33. The van der Waals surface area contributed by atoms with Crippen LogP contribution in [0.2, 0.25) is 0 Å². The highest BCUT2D eigenvalue weighted by atomic mass is 16.3. The van der Waals surface area contributed by atoms with Crippen LogP contribution in [0.25, 0.3) is 0 Å². The van der Waals surface area contributed by atoms with E-state index in [9.17, 15) is 9.90 Å². The van der Waals surface area contributed by atoms with Crippen LogP contribution >= 0.6 is 0 Å². The number of aromatic nitrogens is 1. The van der Waals surface area contributed by atoms with Crippen LogP contribution in [-0.4, -0.2) is 40.1 Å². The summed E-state index contributed by atoms with van der Waals surface area (Å²) in [5.74, 6) is -0.0634. The molecule has 4 nitrogen and oxygen atoms in total. The summed E-state index contributed by atoms with van der Waals surface area (Å²) in [6.45, 7) is 0.763. The molecule has 1 aromatic heterocycles. The van der Waals surface area contributed by atoms with Crippen molar-refractivity contribution in [2.24, 2.45) is 0 Å². The Morgan fingerprint density at radius 2 is 2.29 bits per heavy atom. The van der Waals surface area contributed by atoms with Crippen molar-refractivity contribution >= 4 is 5.91 Å². The maximum Gasteiger partial charge on any atom is 0.272 e. The molecule has 1 aromatic rings. The SMILES string of the molecule is O=C(c1ccccn1)N1CCCCCC1CO.